The summed E-state index contributed by atoms with van der Waals surface area (Å²) in [6, 6.07) is 7.74. The van der Waals surface area contributed by atoms with Gasteiger partial charge in [0, 0.05) is 11.7 Å². The fraction of sp³-hybridized carbons (Fsp3) is 0.647. The zero-order valence-corrected chi connectivity index (χ0v) is 11.5. The van der Waals surface area contributed by atoms with E-state index in [1.807, 2.05) is 0 Å². The minimum absolute atomic E-state index is 0.715. The first-order valence-electron chi connectivity index (χ1n) is 7.73. The van der Waals surface area contributed by atoms with Crippen LogP contribution in [0.4, 0.5) is 5.69 Å². The van der Waals surface area contributed by atoms with Crippen molar-refractivity contribution in [3.63, 3.8) is 0 Å². The van der Waals surface area contributed by atoms with E-state index in [1.165, 1.54) is 57.1 Å². The molecule has 1 fully saturated rings. The first kappa shape index (κ1) is 12.1. The molecule has 2 aliphatic rings. The molecule has 0 heterocycles. The van der Waals surface area contributed by atoms with E-state index >= 15 is 0 Å². The first-order chi connectivity index (χ1) is 8.85. The van der Waals surface area contributed by atoms with Gasteiger partial charge in [-0.05, 0) is 74.1 Å². The number of hydrogen-bond donors (Lipinski definition) is 1. The van der Waals surface area contributed by atoms with Gasteiger partial charge >= 0.3 is 0 Å². The molecule has 0 saturated heterocycles. The fourth-order valence-corrected chi connectivity index (χ4v) is 3.61. The molecule has 0 bridgehead atoms. The van der Waals surface area contributed by atoms with Gasteiger partial charge in [-0.15, -0.1) is 0 Å². The van der Waals surface area contributed by atoms with Gasteiger partial charge in [0.2, 0.25) is 0 Å². The number of anilines is 1. The van der Waals surface area contributed by atoms with Gasteiger partial charge in [0.1, 0.15) is 0 Å². The van der Waals surface area contributed by atoms with E-state index in [0.29, 0.717) is 6.04 Å². The van der Waals surface area contributed by atoms with Crippen molar-refractivity contribution in [2.75, 3.05) is 5.32 Å². The summed E-state index contributed by atoms with van der Waals surface area (Å²) < 4.78 is 0. The van der Waals surface area contributed by atoms with E-state index in [9.17, 15) is 0 Å². The number of fused-ring (bicyclic) bond motifs is 1. The van der Waals surface area contributed by atoms with E-state index in [1.54, 1.807) is 11.1 Å². The highest BCUT2D eigenvalue weighted by Gasteiger charge is 2.20. The molecule has 1 aromatic carbocycles. The van der Waals surface area contributed by atoms with E-state index < -0.39 is 0 Å². The molecule has 3 rings (SSSR count). The molecule has 18 heavy (non-hydrogen) atoms. The minimum atomic E-state index is 0.715. The van der Waals surface area contributed by atoms with Crippen LogP contribution in [-0.2, 0) is 12.8 Å². The molecular formula is C17H25N. The lowest BCUT2D eigenvalue weighted by molar-refractivity contribution is 0.330. The van der Waals surface area contributed by atoms with Crippen LogP contribution < -0.4 is 5.32 Å². The summed E-state index contributed by atoms with van der Waals surface area (Å²) >= 11 is 0. The van der Waals surface area contributed by atoms with Crippen molar-refractivity contribution in [3.05, 3.63) is 29.3 Å². The second kappa shape index (κ2) is 5.34. The average molecular weight is 243 g/mol. The Morgan fingerprint density at radius 1 is 1.06 bits per heavy atom. The smallest absolute Gasteiger partial charge is 0.0345 e. The van der Waals surface area contributed by atoms with Crippen LogP contribution >= 0.6 is 0 Å². The maximum atomic E-state index is 3.76. The van der Waals surface area contributed by atoms with Crippen molar-refractivity contribution in [1.82, 2.24) is 0 Å². The van der Waals surface area contributed by atoms with Gasteiger partial charge in [-0.2, -0.15) is 0 Å². The van der Waals surface area contributed by atoms with Gasteiger partial charge in [0.25, 0.3) is 0 Å². The van der Waals surface area contributed by atoms with Gasteiger partial charge in [0.15, 0.2) is 0 Å². The van der Waals surface area contributed by atoms with Crippen molar-refractivity contribution in [3.8, 4) is 0 Å². The molecule has 0 aliphatic heterocycles. The lowest BCUT2D eigenvalue weighted by Gasteiger charge is -2.29. The molecule has 1 saturated carbocycles. The number of rotatable bonds is 3. The number of aryl methyl sites for hydroxylation is 2. The van der Waals surface area contributed by atoms with Crippen LogP contribution in [0.3, 0.4) is 0 Å². The molecule has 98 valence electrons. The molecule has 1 heteroatoms. The largest absolute Gasteiger partial charge is 0.382 e. The highest BCUT2D eigenvalue weighted by molar-refractivity contribution is 5.50. The molecule has 1 aromatic rings. The molecule has 0 aromatic heterocycles. The van der Waals surface area contributed by atoms with Gasteiger partial charge in [-0.3, -0.25) is 0 Å². The molecule has 0 spiro atoms. The Balaban J connectivity index is 1.60. The van der Waals surface area contributed by atoms with Crippen molar-refractivity contribution in [2.24, 2.45) is 5.92 Å². The lowest BCUT2D eigenvalue weighted by atomic mass is 9.84. The van der Waals surface area contributed by atoms with Crippen molar-refractivity contribution >= 4 is 5.69 Å². The third kappa shape index (κ3) is 2.55. The van der Waals surface area contributed by atoms with Gasteiger partial charge in [-0.1, -0.05) is 19.4 Å². The van der Waals surface area contributed by atoms with Crippen molar-refractivity contribution in [2.45, 2.75) is 64.3 Å². The summed E-state index contributed by atoms with van der Waals surface area (Å²) in [5.74, 6) is 0.989. The maximum Gasteiger partial charge on any atom is 0.0345 e. The third-order valence-electron chi connectivity index (χ3n) is 4.89. The Hall–Kier alpha value is -0.980. The topological polar surface area (TPSA) is 12.0 Å². The number of nitrogens with one attached hydrogen (secondary N) is 1. The van der Waals surface area contributed by atoms with Gasteiger partial charge in [-0.25, -0.2) is 0 Å². The van der Waals surface area contributed by atoms with Crippen LogP contribution in [-0.4, -0.2) is 6.04 Å². The predicted octanol–water partition coefficient (Wildman–Crippen LogP) is 4.56. The van der Waals surface area contributed by atoms with E-state index in [2.05, 4.69) is 30.4 Å². The summed E-state index contributed by atoms with van der Waals surface area (Å²) in [5.41, 5.74) is 4.52. The Kier molecular flexibility index (Phi) is 3.58. The molecule has 0 radical (unpaired) electrons. The summed E-state index contributed by atoms with van der Waals surface area (Å²) in [4.78, 5) is 0. The normalized spacial score (nSPS) is 26.9. The van der Waals surface area contributed by atoms with Crippen LogP contribution in [0.15, 0.2) is 18.2 Å². The second-order valence-corrected chi connectivity index (χ2v) is 6.11. The average Bonchev–Trinajstić information content (AvgIpc) is 2.87. The Bertz CT molecular complexity index is 402. The highest BCUT2D eigenvalue weighted by Crippen LogP contribution is 2.30. The van der Waals surface area contributed by atoms with Crippen molar-refractivity contribution in [1.29, 1.82) is 0 Å². The monoisotopic (exact) mass is 243 g/mol. The van der Waals surface area contributed by atoms with Crippen LogP contribution in [0.1, 0.15) is 56.6 Å². The third-order valence-corrected chi connectivity index (χ3v) is 4.89. The van der Waals surface area contributed by atoms with E-state index in [0.717, 1.165) is 5.92 Å². The summed E-state index contributed by atoms with van der Waals surface area (Å²) in [5, 5.41) is 3.76. The van der Waals surface area contributed by atoms with Crippen molar-refractivity contribution < 1.29 is 0 Å². The standard InChI is InChI=1S/C17H25N/c1-2-13-6-9-16(10-7-13)18-17-11-8-14-4-3-5-15(14)12-17/h8,11-13,16,18H,2-7,9-10H2,1H3. The predicted molar refractivity (Wildman–Crippen MR) is 78.1 cm³/mol. The van der Waals surface area contributed by atoms with Crippen LogP contribution in [0.25, 0.3) is 0 Å². The SMILES string of the molecule is CCC1CCC(Nc2ccc3c(c2)CCC3)CC1. The van der Waals surface area contributed by atoms with Gasteiger partial charge < -0.3 is 5.32 Å². The Morgan fingerprint density at radius 3 is 2.61 bits per heavy atom. The van der Waals surface area contributed by atoms with Crippen LogP contribution in [0.5, 0.6) is 0 Å². The Labute approximate surface area is 111 Å². The first-order valence-corrected chi connectivity index (χ1v) is 7.73. The fourth-order valence-electron chi connectivity index (χ4n) is 3.61. The van der Waals surface area contributed by atoms with Gasteiger partial charge in [0.05, 0.1) is 0 Å². The molecule has 1 nitrogen and oxygen atoms in total. The molecule has 2 aliphatic carbocycles. The minimum Gasteiger partial charge on any atom is -0.382 e. The molecular weight excluding hydrogens is 218 g/mol. The number of hydrogen-bond acceptors (Lipinski definition) is 1. The highest BCUT2D eigenvalue weighted by atomic mass is 14.9. The summed E-state index contributed by atoms with van der Waals surface area (Å²) in [6.07, 6.45) is 10.8. The number of benzene rings is 1. The zero-order valence-electron chi connectivity index (χ0n) is 11.5. The maximum absolute atomic E-state index is 3.76. The molecule has 1 N–H and O–H groups in total. The van der Waals surface area contributed by atoms with Crippen LogP contribution in [0.2, 0.25) is 0 Å². The lowest BCUT2D eigenvalue weighted by Crippen LogP contribution is -2.25. The molecule has 0 atom stereocenters. The van der Waals surface area contributed by atoms with E-state index in [4.69, 9.17) is 0 Å². The van der Waals surface area contributed by atoms with E-state index in [-0.39, 0.29) is 0 Å². The van der Waals surface area contributed by atoms with Crippen LogP contribution in [0, 0.1) is 5.92 Å². The molecule has 0 unspecified atom stereocenters. The Morgan fingerprint density at radius 2 is 1.83 bits per heavy atom. The quantitative estimate of drug-likeness (QED) is 0.821. The summed E-state index contributed by atoms with van der Waals surface area (Å²) in [7, 11) is 0. The second-order valence-electron chi connectivity index (χ2n) is 6.11. The molecule has 0 amide bonds. The zero-order chi connectivity index (χ0) is 12.4. The summed E-state index contributed by atoms with van der Waals surface area (Å²) in [6.45, 7) is 2.33.